The molecule has 2 amide bonds. The van der Waals surface area contributed by atoms with Crippen LogP contribution in [-0.2, 0) is 16.0 Å². The maximum Gasteiger partial charge on any atom is 0.232 e. The second-order valence-corrected chi connectivity index (χ2v) is 8.79. The van der Waals surface area contributed by atoms with Gasteiger partial charge in [0.25, 0.3) is 0 Å². The number of aromatic nitrogens is 3. The summed E-state index contributed by atoms with van der Waals surface area (Å²) in [5, 5.41) is 17.5. The first-order valence-corrected chi connectivity index (χ1v) is 11.8. The highest BCUT2D eigenvalue weighted by Crippen LogP contribution is 2.35. The SMILES string of the molecule is C=CSC(=NC)NC(C)=O.O=C(Cc1ccccn1)Nc1nnc(C2CCCCC2)s1. The van der Waals surface area contributed by atoms with E-state index >= 15 is 0 Å². The largest absolute Gasteiger partial charge is 0.305 e. The zero-order valence-corrected chi connectivity index (χ0v) is 19.5. The summed E-state index contributed by atoms with van der Waals surface area (Å²) in [6, 6.07) is 5.55. The normalized spacial score (nSPS) is 14.2. The first kappa shape index (κ1) is 24.7. The van der Waals surface area contributed by atoms with Crippen molar-refractivity contribution in [2.24, 2.45) is 4.99 Å². The van der Waals surface area contributed by atoms with Crippen molar-refractivity contribution >= 4 is 45.2 Å². The van der Waals surface area contributed by atoms with Crippen LogP contribution in [0.15, 0.2) is 41.4 Å². The van der Waals surface area contributed by atoms with E-state index in [0.29, 0.717) is 16.2 Å². The van der Waals surface area contributed by atoms with E-state index in [2.05, 4.69) is 37.4 Å². The Balaban J connectivity index is 0.000000291. The Kier molecular flexibility index (Phi) is 10.9. The smallest absolute Gasteiger partial charge is 0.232 e. The molecule has 31 heavy (non-hydrogen) atoms. The van der Waals surface area contributed by atoms with E-state index in [1.165, 1.54) is 62.1 Å². The number of carbonyl (C=O) groups is 2. The van der Waals surface area contributed by atoms with Crippen molar-refractivity contribution in [3.05, 3.63) is 47.1 Å². The lowest BCUT2D eigenvalue weighted by molar-refractivity contribution is -0.117. The summed E-state index contributed by atoms with van der Waals surface area (Å²) in [5.74, 6) is 0.313. The van der Waals surface area contributed by atoms with Gasteiger partial charge in [0.15, 0.2) is 5.17 Å². The molecule has 166 valence electrons. The maximum absolute atomic E-state index is 12.0. The molecule has 2 aromatic rings. The molecule has 0 unspecified atom stereocenters. The molecule has 2 N–H and O–H groups in total. The molecule has 0 bridgehead atoms. The summed E-state index contributed by atoms with van der Waals surface area (Å²) in [7, 11) is 1.61. The Morgan fingerprint density at radius 2 is 2.06 bits per heavy atom. The number of hydrogen-bond acceptors (Lipinski definition) is 8. The number of anilines is 1. The van der Waals surface area contributed by atoms with Gasteiger partial charge in [-0.2, -0.15) is 0 Å². The van der Waals surface area contributed by atoms with Crippen LogP contribution in [0.1, 0.15) is 55.6 Å². The number of amides is 2. The van der Waals surface area contributed by atoms with Crippen molar-refractivity contribution in [1.29, 1.82) is 0 Å². The zero-order valence-electron chi connectivity index (χ0n) is 17.8. The summed E-state index contributed by atoms with van der Waals surface area (Å²) in [6.07, 6.45) is 8.20. The highest BCUT2D eigenvalue weighted by Gasteiger charge is 2.20. The Hall–Kier alpha value is -2.59. The molecule has 1 saturated carbocycles. The number of hydrogen-bond donors (Lipinski definition) is 2. The standard InChI is InChI=1S/C15H18N4OS.C6H10N2OS/c20-13(10-12-8-4-5-9-16-12)17-15-19-18-14(21-15)11-6-2-1-3-7-11;1-4-10-6(7-3)8-5(2)9/h4-5,8-9,11H,1-3,6-7,10H2,(H,17,19,20);4H,1H2,2-3H3,(H,7,8,9). The van der Waals surface area contributed by atoms with Gasteiger partial charge in [-0.1, -0.05) is 55.0 Å². The Morgan fingerprint density at radius 1 is 1.29 bits per heavy atom. The van der Waals surface area contributed by atoms with Gasteiger partial charge in [-0.3, -0.25) is 19.6 Å². The van der Waals surface area contributed by atoms with Crippen LogP contribution in [0.3, 0.4) is 0 Å². The lowest BCUT2D eigenvalue weighted by Crippen LogP contribution is -2.24. The molecule has 0 aliphatic heterocycles. The second kappa shape index (κ2) is 13.7. The molecule has 2 aromatic heterocycles. The molecule has 0 radical (unpaired) electrons. The maximum atomic E-state index is 12.0. The van der Waals surface area contributed by atoms with Gasteiger partial charge in [-0.25, -0.2) is 0 Å². The van der Waals surface area contributed by atoms with Crippen LogP contribution in [0.4, 0.5) is 5.13 Å². The fourth-order valence-electron chi connectivity index (χ4n) is 3.00. The minimum Gasteiger partial charge on any atom is -0.305 e. The van der Waals surface area contributed by atoms with Gasteiger partial charge in [0.2, 0.25) is 16.9 Å². The number of rotatable bonds is 5. The summed E-state index contributed by atoms with van der Waals surface area (Å²) < 4.78 is 0. The van der Waals surface area contributed by atoms with Gasteiger partial charge in [0, 0.05) is 31.8 Å². The number of aliphatic imine (C=N–C) groups is 1. The minimum atomic E-state index is -0.116. The van der Waals surface area contributed by atoms with Crippen LogP contribution in [0.2, 0.25) is 0 Å². The molecular formula is C21H28N6O2S2. The van der Waals surface area contributed by atoms with Gasteiger partial charge in [-0.15, -0.1) is 10.2 Å². The Morgan fingerprint density at radius 3 is 2.68 bits per heavy atom. The molecule has 3 rings (SSSR count). The fourth-order valence-corrected chi connectivity index (χ4v) is 4.39. The number of nitrogens with one attached hydrogen (secondary N) is 2. The molecule has 0 spiro atoms. The molecule has 10 heteroatoms. The predicted molar refractivity (Wildman–Crippen MR) is 127 cm³/mol. The Labute approximate surface area is 191 Å². The summed E-state index contributed by atoms with van der Waals surface area (Å²) in [5.41, 5.74) is 0.756. The molecule has 0 atom stereocenters. The third-order valence-corrected chi connectivity index (χ3v) is 6.07. The lowest BCUT2D eigenvalue weighted by atomic mass is 9.90. The van der Waals surface area contributed by atoms with Gasteiger partial charge in [-0.05, 0) is 30.4 Å². The predicted octanol–water partition coefficient (Wildman–Crippen LogP) is 4.15. The van der Waals surface area contributed by atoms with Crippen LogP contribution in [0.25, 0.3) is 0 Å². The zero-order chi connectivity index (χ0) is 22.5. The lowest BCUT2D eigenvalue weighted by Gasteiger charge is -2.18. The summed E-state index contributed by atoms with van der Waals surface area (Å²) >= 11 is 2.79. The van der Waals surface area contributed by atoms with Gasteiger partial charge >= 0.3 is 0 Å². The second-order valence-electron chi connectivity index (χ2n) is 6.82. The van der Waals surface area contributed by atoms with E-state index in [-0.39, 0.29) is 18.2 Å². The van der Waals surface area contributed by atoms with Crippen molar-refractivity contribution in [1.82, 2.24) is 20.5 Å². The van der Waals surface area contributed by atoms with Crippen LogP contribution in [-0.4, -0.2) is 39.2 Å². The van der Waals surface area contributed by atoms with Gasteiger partial charge in [0.05, 0.1) is 6.42 Å². The van der Waals surface area contributed by atoms with Crippen LogP contribution in [0.5, 0.6) is 0 Å². The molecule has 1 aliphatic carbocycles. The van der Waals surface area contributed by atoms with Gasteiger partial charge < -0.3 is 10.6 Å². The quantitative estimate of drug-likeness (QED) is 0.512. The summed E-state index contributed by atoms with van der Waals surface area (Å²) in [6.45, 7) is 4.93. The highest BCUT2D eigenvalue weighted by atomic mass is 32.2. The fraction of sp³-hybridized carbons (Fsp3) is 0.429. The van der Waals surface area contributed by atoms with E-state index in [9.17, 15) is 9.59 Å². The Bertz CT molecular complexity index is 879. The van der Waals surface area contributed by atoms with E-state index < -0.39 is 0 Å². The monoisotopic (exact) mass is 460 g/mol. The van der Waals surface area contributed by atoms with E-state index in [1.54, 1.807) is 18.7 Å². The van der Waals surface area contributed by atoms with Crippen LogP contribution >= 0.6 is 23.1 Å². The first-order chi connectivity index (χ1) is 15.0. The molecule has 0 aromatic carbocycles. The van der Waals surface area contributed by atoms with E-state index in [4.69, 9.17) is 0 Å². The molecule has 1 fully saturated rings. The number of nitrogens with zero attached hydrogens (tertiary/aromatic N) is 4. The average molecular weight is 461 g/mol. The third kappa shape index (κ3) is 9.39. The van der Waals surface area contributed by atoms with Crippen molar-refractivity contribution < 1.29 is 9.59 Å². The van der Waals surface area contributed by atoms with Crippen LogP contribution in [0, 0.1) is 0 Å². The molecule has 2 heterocycles. The molecule has 1 aliphatic rings. The number of pyridine rings is 1. The minimum absolute atomic E-state index is 0.0972. The van der Waals surface area contributed by atoms with Crippen molar-refractivity contribution in [2.45, 2.75) is 51.4 Å². The molecule has 0 saturated heterocycles. The molecular weight excluding hydrogens is 432 g/mol. The summed E-state index contributed by atoms with van der Waals surface area (Å²) in [4.78, 5) is 30.3. The highest BCUT2D eigenvalue weighted by molar-refractivity contribution is 8.16. The third-order valence-electron chi connectivity index (χ3n) is 4.39. The van der Waals surface area contributed by atoms with Gasteiger partial charge in [0.1, 0.15) is 5.01 Å². The average Bonchev–Trinajstić information content (AvgIpc) is 3.23. The molecule has 8 nitrogen and oxygen atoms in total. The number of amidine groups is 1. The first-order valence-electron chi connectivity index (χ1n) is 10.1. The number of thioether (sulfide) groups is 1. The number of carbonyl (C=O) groups excluding carboxylic acids is 2. The van der Waals surface area contributed by atoms with Crippen molar-refractivity contribution in [3.8, 4) is 0 Å². The van der Waals surface area contributed by atoms with E-state index in [0.717, 1.165) is 10.7 Å². The van der Waals surface area contributed by atoms with Crippen molar-refractivity contribution in [3.63, 3.8) is 0 Å². The van der Waals surface area contributed by atoms with Crippen LogP contribution < -0.4 is 10.6 Å². The van der Waals surface area contributed by atoms with Crippen molar-refractivity contribution in [2.75, 3.05) is 12.4 Å². The van der Waals surface area contributed by atoms with E-state index in [1.807, 2.05) is 18.2 Å². The topological polar surface area (TPSA) is 109 Å².